The highest BCUT2D eigenvalue weighted by molar-refractivity contribution is 5.56. The maximum absolute atomic E-state index is 10.2. The molecule has 1 aliphatic rings. The van der Waals surface area contributed by atoms with Crippen molar-refractivity contribution in [3.05, 3.63) is 77.4 Å². The van der Waals surface area contributed by atoms with Crippen LogP contribution in [0.1, 0.15) is 69.7 Å². The Balaban J connectivity index is 0.000000539. The van der Waals surface area contributed by atoms with Gasteiger partial charge >= 0.3 is 0 Å². The van der Waals surface area contributed by atoms with E-state index in [4.69, 9.17) is 5.26 Å². The summed E-state index contributed by atoms with van der Waals surface area (Å²) in [5, 5.41) is 17.0. The molecule has 0 unspecified atom stereocenters. The van der Waals surface area contributed by atoms with Crippen molar-refractivity contribution in [1.29, 1.82) is 5.26 Å². The van der Waals surface area contributed by atoms with Crippen LogP contribution >= 0.6 is 0 Å². The molecule has 0 saturated carbocycles. The number of hydrogen-bond donors (Lipinski definition) is 3. The molecule has 0 saturated heterocycles. The van der Waals surface area contributed by atoms with E-state index in [9.17, 15) is 4.79 Å². The molecule has 7 nitrogen and oxygen atoms in total. The van der Waals surface area contributed by atoms with Gasteiger partial charge in [0.1, 0.15) is 0 Å². The van der Waals surface area contributed by atoms with E-state index in [2.05, 4.69) is 80.4 Å². The van der Waals surface area contributed by atoms with Gasteiger partial charge in [-0.25, -0.2) is 5.01 Å². The van der Waals surface area contributed by atoms with Gasteiger partial charge < -0.3 is 15.5 Å². The number of nitrogens with zero attached hydrogens (tertiary/aromatic N) is 3. The van der Waals surface area contributed by atoms with Crippen molar-refractivity contribution in [1.82, 2.24) is 21.1 Å². The molecule has 0 spiro atoms. The first-order valence-electron chi connectivity index (χ1n) is 14.1. The molecule has 2 aromatic carbocycles. The summed E-state index contributed by atoms with van der Waals surface area (Å²) >= 11 is 0. The first-order chi connectivity index (χ1) is 18.8. The molecular weight excluding hydrogens is 484 g/mol. The minimum absolute atomic E-state index is 0.614. The molecule has 3 N–H and O–H groups in total. The van der Waals surface area contributed by atoms with Crippen LogP contribution in [0.5, 0.6) is 0 Å². The molecular formula is C32H52N6O. The number of fused-ring (bicyclic) bond motifs is 1. The van der Waals surface area contributed by atoms with Gasteiger partial charge in [0.25, 0.3) is 0 Å². The van der Waals surface area contributed by atoms with E-state index in [0.717, 1.165) is 44.8 Å². The molecule has 1 aliphatic heterocycles. The summed E-state index contributed by atoms with van der Waals surface area (Å²) in [6, 6.07) is 16.7. The van der Waals surface area contributed by atoms with Crippen molar-refractivity contribution in [2.45, 2.75) is 73.5 Å². The highest BCUT2D eigenvalue weighted by Crippen LogP contribution is 2.21. The summed E-state index contributed by atoms with van der Waals surface area (Å²) in [5.74, 6) is 0. The summed E-state index contributed by atoms with van der Waals surface area (Å²) in [4.78, 5) is 12.4. The molecule has 0 radical (unpaired) electrons. The summed E-state index contributed by atoms with van der Waals surface area (Å²) in [6.45, 7) is 22.1. The lowest BCUT2D eigenvalue weighted by Gasteiger charge is -2.23. The van der Waals surface area contributed by atoms with Gasteiger partial charge in [-0.2, -0.15) is 5.26 Å². The van der Waals surface area contributed by atoms with Gasteiger partial charge in [-0.15, -0.1) is 6.58 Å². The maximum Gasteiger partial charge on any atom is 0.221 e. The minimum atomic E-state index is 0.614. The van der Waals surface area contributed by atoms with Gasteiger partial charge in [-0.1, -0.05) is 70.9 Å². The molecule has 1 amide bonds. The lowest BCUT2D eigenvalue weighted by molar-refractivity contribution is -0.114. The van der Waals surface area contributed by atoms with Gasteiger partial charge in [-0.05, 0) is 55.8 Å². The Morgan fingerprint density at radius 3 is 2.10 bits per heavy atom. The molecule has 39 heavy (non-hydrogen) atoms. The third-order valence-electron chi connectivity index (χ3n) is 5.90. The highest BCUT2D eigenvalue weighted by Gasteiger charge is 2.16. The molecule has 0 bridgehead atoms. The number of hydrogen-bond acceptors (Lipinski definition) is 6. The lowest BCUT2D eigenvalue weighted by atomic mass is 10.1. The average molecular weight is 537 g/mol. The summed E-state index contributed by atoms with van der Waals surface area (Å²) in [5.41, 5.74) is 8.27. The van der Waals surface area contributed by atoms with Crippen LogP contribution in [0.15, 0.2) is 55.1 Å². The van der Waals surface area contributed by atoms with Crippen molar-refractivity contribution in [3.63, 3.8) is 0 Å². The lowest BCUT2D eigenvalue weighted by Crippen LogP contribution is -2.31. The zero-order chi connectivity index (χ0) is 29.5. The molecule has 0 fully saturated rings. The van der Waals surface area contributed by atoms with Crippen molar-refractivity contribution in [3.8, 4) is 6.07 Å². The number of likely N-dealkylation sites (N-methyl/N-ethyl adjacent to an activating group) is 2. The number of aryl methyl sites for hydroxylation is 1. The normalized spacial score (nSPS) is 11.4. The average Bonchev–Trinajstić information content (AvgIpc) is 3.35. The van der Waals surface area contributed by atoms with E-state index in [0.29, 0.717) is 18.0 Å². The number of benzene rings is 2. The van der Waals surface area contributed by atoms with Gasteiger partial charge in [0, 0.05) is 51.0 Å². The van der Waals surface area contributed by atoms with Crippen LogP contribution in [0, 0.1) is 18.3 Å². The highest BCUT2D eigenvalue weighted by atomic mass is 16.1. The molecule has 0 atom stereocenters. The third-order valence-corrected chi connectivity index (χ3v) is 5.90. The van der Waals surface area contributed by atoms with Gasteiger partial charge in [0.2, 0.25) is 6.41 Å². The molecule has 0 aromatic heterocycles. The van der Waals surface area contributed by atoms with E-state index in [1.54, 1.807) is 0 Å². The zero-order valence-corrected chi connectivity index (χ0v) is 25.4. The minimum Gasteiger partial charge on any atom is -0.368 e. The SMILES string of the molecule is C=CCN(CC)c1ccc(C#N)cc1C.CCCC.CNCCNC(C)C.O=CNN1Cc2ccccc2C1. The van der Waals surface area contributed by atoms with Crippen molar-refractivity contribution in [2.75, 3.05) is 38.1 Å². The number of unbranched alkanes of at least 4 members (excludes halogenated alkanes) is 1. The second kappa shape index (κ2) is 22.8. The number of amides is 1. The zero-order valence-electron chi connectivity index (χ0n) is 25.4. The Morgan fingerprint density at radius 2 is 1.69 bits per heavy atom. The van der Waals surface area contributed by atoms with E-state index in [-0.39, 0.29) is 0 Å². The van der Waals surface area contributed by atoms with Gasteiger partial charge in [0.05, 0.1) is 11.6 Å². The Hall–Kier alpha value is -3.18. The van der Waals surface area contributed by atoms with E-state index in [1.165, 1.54) is 29.7 Å². The van der Waals surface area contributed by atoms with E-state index < -0.39 is 0 Å². The molecule has 7 heteroatoms. The van der Waals surface area contributed by atoms with E-state index >= 15 is 0 Å². The number of nitriles is 1. The second-order valence-electron chi connectivity index (χ2n) is 9.52. The van der Waals surface area contributed by atoms with Crippen LogP contribution in [0.2, 0.25) is 0 Å². The second-order valence-corrected chi connectivity index (χ2v) is 9.52. The number of nitrogens with one attached hydrogen (secondary N) is 3. The number of carbonyl (C=O) groups is 1. The van der Waals surface area contributed by atoms with Crippen molar-refractivity contribution >= 4 is 12.1 Å². The van der Waals surface area contributed by atoms with Crippen molar-refractivity contribution in [2.24, 2.45) is 0 Å². The Morgan fingerprint density at radius 1 is 1.08 bits per heavy atom. The fourth-order valence-corrected chi connectivity index (χ4v) is 3.62. The molecule has 2 aromatic rings. The van der Waals surface area contributed by atoms with Gasteiger partial charge in [0.15, 0.2) is 0 Å². The standard InChI is InChI=1S/C13H16N2.C9H10N2O.C6H16N2.C4H10/c1-4-8-15(5-2)13-7-6-12(10-14)9-11(13)3;12-7-10-11-5-8-3-1-2-4-9(8)6-11;1-6(2)8-5-4-7-3;1-3-4-2/h4,6-7,9H,1,5,8H2,2-3H3;1-4,7H,5-6H2,(H,10,12);6-8H,4-5H2,1-3H3;3-4H2,1-2H3. The fraction of sp³-hybridized carbons (Fsp3) is 0.500. The summed E-state index contributed by atoms with van der Waals surface area (Å²) in [6.07, 6.45) is 5.24. The Bertz CT molecular complexity index is 942. The fourth-order valence-electron chi connectivity index (χ4n) is 3.62. The predicted molar refractivity (Wildman–Crippen MR) is 167 cm³/mol. The molecule has 0 aliphatic carbocycles. The van der Waals surface area contributed by atoms with Crippen molar-refractivity contribution < 1.29 is 4.79 Å². The van der Waals surface area contributed by atoms with Crippen LogP contribution in [-0.4, -0.2) is 50.7 Å². The number of carbonyl (C=O) groups excluding carboxylic acids is 1. The molecule has 3 rings (SSSR count). The summed E-state index contributed by atoms with van der Waals surface area (Å²) < 4.78 is 0. The monoisotopic (exact) mass is 536 g/mol. The quantitative estimate of drug-likeness (QED) is 0.198. The number of rotatable bonds is 11. The summed E-state index contributed by atoms with van der Waals surface area (Å²) in [7, 11) is 1.96. The first-order valence-corrected chi connectivity index (χ1v) is 14.1. The van der Waals surface area contributed by atoms with Crippen LogP contribution in [0.25, 0.3) is 0 Å². The maximum atomic E-state index is 10.2. The number of hydrazine groups is 1. The topological polar surface area (TPSA) is 83.4 Å². The van der Waals surface area contributed by atoms with Gasteiger partial charge in [-0.3, -0.25) is 10.2 Å². The van der Waals surface area contributed by atoms with E-state index in [1.807, 2.05) is 55.4 Å². The molecule has 216 valence electrons. The Labute approximate surface area is 238 Å². The van der Waals surface area contributed by atoms with Crippen LogP contribution in [-0.2, 0) is 17.9 Å². The first kappa shape index (κ1) is 35.8. The Kier molecular flexibility index (Phi) is 20.9. The number of anilines is 1. The molecule has 1 heterocycles. The third kappa shape index (κ3) is 15.7. The predicted octanol–water partition coefficient (Wildman–Crippen LogP) is 5.55. The van der Waals surface area contributed by atoms with Crippen LogP contribution in [0.4, 0.5) is 5.69 Å². The largest absolute Gasteiger partial charge is 0.368 e. The van der Waals surface area contributed by atoms with Crippen LogP contribution in [0.3, 0.4) is 0 Å². The smallest absolute Gasteiger partial charge is 0.221 e. The van der Waals surface area contributed by atoms with Crippen LogP contribution < -0.4 is 21.0 Å².